The lowest BCUT2D eigenvalue weighted by atomic mass is 9.85. The highest BCUT2D eigenvalue weighted by Crippen LogP contribution is 2.42. The van der Waals surface area contributed by atoms with Gasteiger partial charge in [-0.3, -0.25) is 4.39 Å². The monoisotopic (exact) mass is 551 g/mol. The van der Waals surface area contributed by atoms with Gasteiger partial charge >= 0.3 is 12.1 Å². The van der Waals surface area contributed by atoms with E-state index in [0.29, 0.717) is 25.2 Å². The van der Waals surface area contributed by atoms with E-state index in [2.05, 4.69) is 29.2 Å². The van der Waals surface area contributed by atoms with E-state index in [-0.39, 0.29) is 17.8 Å². The van der Waals surface area contributed by atoms with E-state index < -0.39 is 17.7 Å². The Morgan fingerprint density at radius 1 is 0.975 bits per heavy atom. The molecule has 1 fully saturated rings. The summed E-state index contributed by atoms with van der Waals surface area (Å²) in [6.45, 7) is 3.96. The molecule has 0 radical (unpaired) electrons. The van der Waals surface area contributed by atoms with E-state index in [1.54, 1.807) is 24.3 Å². The standard InChI is InChI=1S/C33H33F4NO2/c1-21-16-26(11-13-30(21)33(35,36)37)28-5-2-4-25-18-27(32(39)40)10-12-29(25)31(28)24-8-6-22(7-9-24)17-23-19-38(20-23)15-3-14-34/h6-13,16,18,23H,2-5,14-15,17,19-20H2,1H3,(H,39,40). The van der Waals surface area contributed by atoms with Crippen LogP contribution in [0.5, 0.6) is 0 Å². The number of alkyl halides is 4. The van der Waals surface area contributed by atoms with E-state index in [1.807, 2.05) is 6.07 Å². The van der Waals surface area contributed by atoms with Crippen LogP contribution >= 0.6 is 0 Å². The van der Waals surface area contributed by atoms with Crippen LogP contribution in [0.1, 0.15) is 68.6 Å². The summed E-state index contributed by atoms with van der Waals surface area (Å²) < 4.78 is 52.9. The Kier molecular flexibility index (Phi) is 8.13. The predicted octanol–water partition coefficient (Wildman–Crippen LogP) is 7.84. The highest BCUT2D eigenvalue weighted by atomic mass is 19.4. The van der Waals surface area contributed by atoms with Gasteiger partial charge in [0.15, 0.2) is 0 Å². The fourth-order valence-corrected chi connectivity index (χ4v) is 6.12. The van der Waals surface area contributed by atoms with Gasteiger partial charge in [0.05, 0.1) is 17.8 Å². The molecule has 1 aliphatic heterocycles. The zero-order chi connectivity index (χ0) is 28.4. The van der Waals surface area contributed by atoms with Crippen LogP contribution in [0.25, 0.3) is 11.1 Å². The molecule has 5 rings (SSSR count). The number of hydrogen-bond acceptors (Lipinski definition) is 2. The number of aromatic carboxylic acids is 1. The second-order valence-electron chi connectivity index (χ2n) is 11.0. The van der Waals surface area contributed by atoms with Crippen LogP contribution in [0.2, 0.25) is 0 Å². The number of hydrogen-bond donors (Lipinski definition) is 1. The molecule has 210 valence electrons. The maximum Gasteiger partial charge on any atom is 0.416 e. The van der Waals surface area contributed by atoms with Gasteiger partial charge in [0, 0.05) is 19.6 Å². The van der Waals surface area contributed by atoms with Crippen LogP contribution in [-0.4, -0.2) is 42.3 Å². The number of rotatable bonds is 8. The number of benzene rings is 3. The number of allylic oxidation sites excluding steroid dienone is 1. The number of halogens is 4. The molecule has 0 atom stereocenters. The molecule has 1 aliphatic carbocycles. The van der Waals surface area contributed by atoms with E-state index in [1.165, 1.54) is 12.5 Å². The smallest absolute Gasteiger partial charge is 0.416 e. The Bertz CT molecular complexity index is 1420. The molecule has 3 aromatic rings. The molecule has 40 heavy (non-hydrogen) atoms. The van der Waals surface area contributed by atoms with Crippen LogP contribution in [0.3, 0.4) is 0 Å². The van der Waals surface area contributed by atoms with Crippen LogP contribution in [0.4, 0.5) is 17.6 Å². The van der Waals surface area contributed by atoms with Gasteiger partial charge in [-0.25, -0.2) is 4.79 Å². The van der Waals surface area contributed by atoms with Gasteiger partial charge in [-0.2, -0.15) is 13.2 Å². The highest BCUT2D eigenvalue weighted by Gasteiger charge is 2.32. The molecule has 0 spiro atoms. The van der Waals surface area contributed by atoms with Crippen molar-refractivity contribution in [2.45, 2.75) is 45.2 Å². The zero-order valence-corrected chi connectivity index (χ0v) is 22.5. The van der Waals surface area contributed by atoms with E-state index in [0.717, 1.165) is 71.9 Å². The number of nitrogens with zero attached hydrogens (tertiary/aromatic N) is 1. The number of carboxylic acids is 1. The maximum absolute atomic E-state index is 13.5. The first-order valence-corrected chi connectivity index (χ1v) is 13.8. The summed E-state index contributed by atoms with van der Waals surface area (Å²) in [5.41, 5.74) is 6.45. The number of aryl methyl sites for hydroxylation is 2. The minimum Gasteiger partial charge on any atom is -0.478 e. The lowest BCUT2D eigenvalue weighted by molar-refractivity contribution is -0.138. The van der Waals surface area contributed by atoms with Crippen molar-refractivity contribution in [2.75, 3.05) is 26.3 Å². The molecular formula is C33H33F4NO2. The van der Waals surface area contributed by atoms with Gasteiger partial charge < -0.3 is 10.0 Å². The minimum absolute atomic E-state index is 0.180. The molecule has 0 aromatic heterocycles. The van der Waals surface area contributed by atoms with Crippen molar-refractivity contribution in [2.24, 2.45) is 5.92 Å². The molecule has 3 aromatic carbocycles. The second-order valence-corrected chi connectivity index (χ2v) is 11.0. The van der Waals surface area contributed by atoms with Crippen molar-refractivity contribution in [3.63, 3.8) is 0 Å². The molecule has 1 N–H and O–H groups in total. The van der Waals surface area contributed by atoms with Crippen molar-refractivity contribution in [1.29, 1.82) is 0 Å². The summed E-state index contributed by atoms with van der Waals surface area (Å²) in [5.74, 6) is -0.442. The van der Waals surface area contributed by atoms with Crippen LogP contribution in [0.15, 0.2) is 60.7 Å². The molecular weight excluding hydrogens is 518 g/mol. The Balaban J connectivity index is 1.52. The molecule has 1 heterocycles. The fraction of sp³-hybridized carbons (Fsp3) is 0.364. The summed E-state index contributed by atoms with van der Waals surface area (Å²) in [4.78, 5) is 13.9. The first-order valence-electron chi connectivity index (χ1n) is 13.8. The quantitative estimate of drug-likeness (QED) is 0.290. The summed E-state index contributed by atoms with van der Waals surface area (Å²) >= 11 is 0. The number of fused-ring (bicyclic) bond motifs is 1. The molecule has 0 amide bonds. The summed E-state index contributed by atoms with van der Waals surface area (Å²) in [5, 5.41) is 9.55. The second kappa shape index (κ2) is 11.6. The number of carboxylic acid groups (broad SMARTS) is 1. The zero-order valence-electron chi connectivity index (χ0n) is 22.5. The first-order chi connectivity index (χ1) is 19.1. The largest absolute Gasteiger partial charge is 0.478 e. The first kappa shape index (κ1) is 28.1. The Hall–Kier alpha value is -3.45. The normalized spacial score (nSPS) is 16.4. The van der Waals surface area contributed by atoms with E-state index in [4.69, 9.17) is 0 Å². The lowest BCUT2D eigenvalue weighted by Gasteiger charge is -2.39. The number of likely N-dealkylation sites (tertiary alicyclic amines) is 1. The van der Waals surface area contributed by atoms with Crippen molar-refractivity contribution < 1.29 is 27.5 Å². The Morgan fingerprint density at radius 3 is 2.35 bits per heavy atom. The van der Waals surface area contributed by atoms with Gasteiger partial charge in [-0.15, -0.1) is 0 Å². The molecule has 0 saturated carbocycles. The molecule has 2 aliphatic rings. The molecule has 7 heteroatoms. The minimum atomic E-state index is -4.41. The topological polar surface area (TPSA) is 40.5 Å². The third kappa shape index (κ3) is 5.99. The molecule has 3 nitrogen and oxygen atoms in total. The van der Waals surface area contributed by atoms with Gasteiger partial charge in [-0.05, 0) is 108 Å². The SMILES string of the molecule is Cc1cc(C2=C(c3ccc(CC4CN(CCCF)C4)cc3)c3ccc(C(=O)O)cc3CCC2)ccc1C(F)(F)F. The van der Waals surface area contributed by atoms with Crippen LogP contribution in [-0.2, 0) is 19.0 Å². The van der Waals surface area contributed by atoms with E-state index in [9.17, 15) is 27.5 Å². The van der Waals surface area contributed by atoms with Crippen molar-refractivity contribution >= 4 is 17.1 Å². The maximum atomic E-state index is 13.5. The Morgan fingerprint density at radius 2 is 1.70 bits per heavy atom. The van der Waals surface area contributed by atoms with Gasteiger partial charge in [0.25, 0.3) is 0 Å². The van der Waals surface area contributed by atoms with Gasteiger partial charge in [0.1, 0.15) is 0 Å². The third-order valence-corrected chi connectivity index (χ3v) is 8.08. The fourth-order valence-electron chi connectivity index (χ4n) is 6.12. The number of carbonyl (C=O) groups is 1. The summed E-state index contributed by atoms with van der Waals surface area (Å²) in [6.07, 6.45) is -0.795. The summed E-state index contributed by atoms with van der Waals surface area (Å²) in [7, 11) is 0. The third-order valence-electron chi connectivity index (χ3n) is 8.08. The average Bonchev–Trinajstić information content (AvgIpc) is 3.08. The van der Waals surface area contributed by atoms with Gasteiger partial charge in [-0.1, -0.05) is 42.5 Å². The highest BCUT2D eigenvalue weighted by molar-refractivity contribution is 6.00. The average molecular weight is 552 g/mol. The lowest BCUT2D eigenvalue weighted by Crippen LogP contribution is -2.47. The molecule has 0 bridgehead atoms. The van der Waals surface area contributed by atoms with E-state index >= 15 is 0 Å². The van der Waals surface area contributed by atoms with Crippen LogP contribution < -0.4 is 0 Å². The Labute approximate surface area is 232 Å². The van der Waals surface area contributed by atoms with Crippen molar-refractivity contribution in [3.05, 3.63) is 105 Å². The predicted molar refractivity (Wildman–Crippen MR) is 149 cm³/mol. The molecule has 0 unspecified atom stereocenters. The van der Waals surface area contributed by atoms with Crippen LogP contribution in [0, 0.1) is 12.8 Å². The van der Waals surface area contributed by atoms with Crippen molar-refractivity contribution in [1.82, 2.24) is 4.90 Å². The molecule has 1 saturated heterocycles. The van der Waals surface area contributed by atoms with Crippen molar-refractivity contribution in [3.8, 4) is 0 Å². The summed E-state index contributed by atoms with van der Waals surface area (Å²) in [6, 6.07) is 17.9. The van der Waals surface area contributed by atoms with Gasteiger partial charge in [0.2, 0.25) is 0 Å².